The van der Waals surface area contributed by atoms with Gasteiger partial charge >= 0.3 is 5.63 Å². The molecular weight excluding hydrogens is 478 g/mol. The van der Waals surface area contributed by atoms with Crippen molar-refractivity contribution in [3.8, 4) is 17.0 Å². The van der Waals surface area contributed by atoms with Crippen LogP contribution in [0.3, 0.4) is 0 Å². The molecule has 0 spiro atoms. The maximum atomic E-state index is 12.5. The van der Waals surface area contributed by atoms with Crippen LogP contribution >= 0.6 is 15.9 Å². The SMILES string of the molecule is COc1ccc(-c2ccc(=O)n(CCNC(=O)c3cc4cc(Br)ccc4oc3=O)n2)cc1. The van der Waals surface area contributed by atoms with Crippen molar-refractivity contribution in [2.24, 2.45) is 0 Å². The summed E-state index contributed by atoms with van der Waals surface area (Å²) in [5, 5.41) is 7.62. The van der Waals surface area contributed by atoms with Crippen LogP contribution in [0.2, 0.25) is 0 Å². The molecule has 2 aromatic heterocycles. The lowest BCUT2D eigenvalue weighted by Crippen LogP contribution is -2.33. The van der Waals surface area contributed by atoms with Gasteiger partial charge in [-0.1, -0.05) is 15.9 Å². The highest BCUT2D eigenvalue weighted by atomic mass is 79.9. The Morgan fingerprint density at radius 3 is 2.62 bits per heavy atom. The number of hydrogen-bond acceptors (Lipinski definition) is 6. The summed E-state index contributed by atoms with van der Waals surface area (Å²) in [6.45, 7) is 0.243. The number of halogens is 1. The van der Waals surface area contributed by atoms with E-state index in [1.165, 1.54) is 16.8 Å². The molecule has 8 nitrogen and oxygen atoms in total. The molecule has 0 unspecified atom stereocenters. The van der Waals surface area contributed by atoms with Gasteiger partial charge in [0, 0.05) is 28.0 Å². The predicted octanol–water partition coefficient (Wildman–Crippen LogP) is 3.22. The zero-order valence-electron chi connectivity index (χ0n) is 17.0. The van der Waals surface area contributed by atoms with Crippen LogP contribution in [0.25, 0.3) is 22.2 Å². The number of aromatic nitrogens is 2. The lowest BCUT2D eigenvalue weighted by molar-refractivity contribution is 0.0948. The summed E-state index contributed by atoms with van der Waals surface area (Å²) < 4.78 is 12.4. The Bertz CT molecular complexity index is 1410. The van der Waals surface area contributed by atoms with Gasteiger partial charge in [0.1, 0.15) is 16.9 Å². The van der Waals surface area contributed by atoms with Gasteiger partial charge in [-0.3, -0.25) is 9.59 Å². The minimum Gasteiger partial charge on any atom is -0.497 e. The van der Waals surface area contributed by atoms with E-state index in [-0.39, 0.29) is 24.2 Å². The number of amides is 1. The normalized spacial score (nSPS) is 10.8. The summed E-state index contributed by atoms with van der Waals surface area (Å²) in [5.74, 6) is 0.135. The first-order chi connectivity index (χ1) is 15.4. The second kappa shape index (κ2) is 9.19. The van der Waals surface area contributed by atoms with Crippen LogP contribution < -0.4 is 21.2 Å². The molecule has 0 radical (unpaired) electrons. The molecule has 4 rings (SSSR count). The minimum absolute atomic E-state index is 0.105. The van der Waals surface area contributed by atoms with Crippen LogP contribution in [-0.2, 0) is 6.54 Å². The Kier molecular flexibility index (Phi) is 6.18. The molecule has 0 atom stereocenters. The fourth-order valence-electron chi connectivity index (χ4n) is 3.15. The average molecular weight is 496 g/mol. The fourth-order valence-corrected chi connectivity index (χ4v) is 3.53. The van der Waals surface area contributed by atoms with Crippen molar-refractivity contribution >= 4 is 32.8 Å². The second-order valence-electron chi connectivity index (χ2n) is 6.89. The summed E-state index contributed by atoms with van der Waals surface area (Å²) in [6, 6.07) is 17.0. The maximum Gasteiger partial charge on any atom is 0.349 e. The molecule has 1 N–H and O–H groups in total. The van der Waals surface area contributed by atoms with Crippen molar-refractivity contribution in [3.05, 3.63) is 91.5 Å². The third-order valence-corrected chi connectivity index (χ3v) is 5.29. The van der Waals surface area contributed by atoms with E-state index >= 15 is 0 Å². The van der Waals surface area contributed by atoms with Crippen LogP contribution in [0.5, 0.6) is 5.75 Å². The van der Waals surface area contributed by atoms with Crippen molar-refractivity contribution in [1.82, 2.24) is 15.1 Å². The molecule has 2 heterocycles. The van der Waals surface area contributed by atoms with Crippen LogP contribution in [0.15, 0.2) is 79.1 Å². The van der Waals surface area contributed by atoms with Gasteiger partial charge in [0.05, 0.1) is 19.3 Å². The van der Waals surface area contributed by atoms with Crippen LogP contribution in [0.1, 0.15) is 10.4 Å². The fraction of sp³-hybridized carbons (Fsp3) is 0.130. The predicted molar refractivity (Wildman–Crippen MR) is 123 cm³/mol. The van der Waals surface area contributed by atoms with Gasteiger partial charge in [0.2, 0.25) is 0 Å². The van der Waals surface area contributed by atoms with E-state index in [1.54, 1.807) is 43.5 Å². The van der Waals surface area contributed by atoms with E-state index in [1.807, 2.05) is 12.1 Å². The number of ether oxygens (including phenoxy) is 1. The number of carbonyl (C=O) groups excluding carboxylic acids is 1. The summed E-state index contributed by atoms with van der Waals surface area (Å²) in [4.78, 5) is 36.9. The molecular formula is C23H18BrN3O5. The molecule has 9 heteroatoms. The first-order valence-corrected chi connectivity index (χ1v) is 10.5. The van der Waals surface area contributed by atoms with Crippen molar-refractivity contribution in [3.63, 3.8) is 0 Å². The lowest BCUT2D eigenvalue weighted by Gasteiger charge is -2.09. The highest BCUT2D eigenvalue weighted by Gasteiger charge is 2.14. The molecule has 0 fully saturated rings. The van der Waals surface area contributed by atoms with Crippen molar-refractivity contribution in [2.45, 2.75) is 6.54 Å². The van der Waals surface area contributed by atoms with E-state index in [9.17, 15) is 14.4 Å². The first-order valence-electron chi connectivity index (χ1n) is 9.69. The molecule has 1 amide bonds. The molecule has 32 heavy (non-hydrogen) atoms. The largest absolute Gasteiger partial charge is 0.497 e. The molecule has 2 aromatic carbocycles. The molecule has 162 valence electrons. The standard InChI is InChI=1S/C23H18BrN3O5/c1-31-17-5-2-14(3-6-17)19-7-9-21(28)27(26-19)11-10-25-22(29)18-13-15-12-16(24)4-8-20(15)32-23(18)30/h2-9,12-13H,10-11H2,1H3,(H,25,29). The van der Waals surface area contributed by atoms with Crippen LogP contribution in [0.4, 0.5) is 0 Å². The topological polar surface area (TPSA) is 103 Å². The van der Waals surface area contributed by atoms with Gasteiger partial charge in [0.15, 0.2) is 0 Å². The summed E-state index contributed by atoms with van der Waals surface area (Å²) in [5.41, 5.74) is 0.687. The van der Waals surface area contributed by atoms with Gasteiger partial charge in [-0.25, -0.2) is 9.48 Å². The Morgan fingerprint density at radius 2 is 1.88 bits per heavy atom. The first kappa shape index (κ1) is 21.5. The Labute approximate surface area is 190 Å². The molecule has 0 saturated heterocycles. The van der Waals surface area contributed by atoms with Gasteiger partial charge in [0.25, 0.3) is 11.5 Å². The number of fused-ring (bicyclic) bond motifs is 1. The lowest BCUT2D eigenvalue weighted by atomic mass is 10.1. The Balaban J connectivity index is 1.48. The van der Waals surface area contributed by atoms with Crippen molar-refractivity contribution in [2.75, 3.05) is 13.7 Å². The molecule has 0 aliphatic heterocycles. The summed E-state index contributed by atoms with van der Waals surface area (Å²) in [7, 11) is 1.59. The zero-order valence-corrected chi connectivity index (χ0v) is 18.6. The van der Waals surface area contributed by atoms with Gasteiger partial charge < -0.3 is 14.5 Å². The Hall–Kier alpha value is -3.72. The number of carbonyl (C=O) groups is 1. The van der Waals surface area contributed by atoms with Gasteiger partial charge in [-0.2, -0.15) is 5.10 Å². The summed E-state index contributed by atoms with van der Waals surface area (Å²) in [6.07, 6.45) is 0. The molecule has 0 saturated carbocycles. The van der Waals surface area contributed by atoms with E-state index < -0.39 is 11.5 Å². The Morgan fingerprint density at radius 1 is 1.09 bits per heavy atom. The number of hydrogen-bond donors (Lipinski definition) is 1. The van der Waals surface area contributed by atoms with E-state index in [2.05, 4.69) is 26.3 Å². The van der Waals surface area contributed by atoms with Crippen molar-refractivity contribution in [1.29, 1.82) is 0 Å². The third-order valence-electron chi connectivity index (χ3n) is 4.80. The molecule has 0 aliphatic carbocycles. The van der Waals surface area contributed by atoms with E-state index in [0.717, 1.165) is 15.8 Å². The number of benzene rings is 2. The van der Waals surface area contributed by atoms with Gasteiger partial charge in [-0.05, 0) is 54.6 Å². The zero-order chi connectivity index (χ0) is 22.7. The number of rotatable bonds is 6. The molecule has 0 aliphatic rings. The maximum absolute atomic E-state index is 12.5. The smallest absolute Gasteiger partial charge is 0.349 e. The monoisotopic (exact) mass is 495 g/mol. The number of methoxy groups -OCH3 is 1. The third kappa shape index (κ3) is 4.62. The van der Waals surface area contributed by atoms with Crippen molar-refractivity contribution < 1.29 is 13.9 Å². The molecule has 4 aromatic rings. The van der Waals surface area contributed by atoms with Crippen LogP contribution in [0, 0.1) is 0 Å². The second-order valence-corrected chi connectivity index (χ2v) is 7.81. The van der Waals surface area contributed by atoms with Gasteiger partial charge in [-0.15, -0.1) is 0 Å². The highest BCUT2D eigenvalue weighted by molar-refractivity contribution is 9.10. The number of nitrogens with zero attached hydrogens (tertiary/aromatic N) is 2. The minimum atomic E-state index is -0.728. The quantitative estimate of drug-likeness (QED) is 0.412. The molecule has 0 bridgehead atoms. The van der Waals surface area contributed by atoms with E-state index in [0.29, 0.717) is 16.7 Å². The summed E-state index contributed by atoms with van der Waals surface area (Å²) >= 11 is 3.35. The number of nitrogens with one attached hydrogen (secondary N) is 1. The van der Waals surface area contributed by atoms with E-state index in [4.69, 9.17) is 9.15 Å². The van der Waals surface area contributed by atoms with Crippen LogP contribution in [-0.4, -0.2) is 29.3 Å². The highest BCUT2D eigenvalue weighted by Crippen LogP contribution is 2.20. The average Bonchev–Trinajstić information content (AvgIpc) is 2.80.